The van der Waals surface area contributed by atoms with Crippen LogP contribution in [0.25, 0.3) is 17.0 Å². The lowest BCUT2D eigenvalue weighted by Gasteiger charge is -2.09. The number of methoxy groups -OCH3 is 1. The van der Waals surface area contributed by atoms with Crippen molar-refractivity contribution >= 4 is 29.0 Å². The molecule has 27 heavy (non-hydrogen) atoms. The number of halogens is 1. The van der Waals surface area contributed by atoms with Gasteiger partial charge in [-0.25, -0.2) is 4.98 Å². The van der Waals surface area contributed by atoms with E-state index < -0.39 is 0 Å². The Morgan fingerprint density at radius 3 is 2.78 bits per heavy atom. The van der Waals surface area contributed by atoms with Gasteiger partial charge in [-0.2, -0.15) is 0 Å². The molecule has 4 rings (SSSR count). The molecule has 0 saturated carbocycles. The molecular weight excluding hydrogens is 384 g/mol. The molecule has 7 nitrogen and oxygen atoms in total. The molecule has 0 unspecified atom stereocenters. The van der Waals surface area contributed by atoms with Gasteiger partial charge in [0.2, 0.25) is 0 Å². The molecule has 0 aliphatic carbocycles. The molecule has 0 fully saturated rings. The molecule has 0 aliphatic heterocycles. The van der Waals surface area contributed by atoms with E-state index in [1.807, 2.05) is 41.1 Å². The van der Waals surface area contributed by atoms with Gasteiger partial charge in [-0.05, 0) is 24.3 Å². The van der Waals surface area contributed by atoms with Gasteiger partial charge in [0.05, 0.1) is 23.9 Å². The minimum atomic E-state index is 0.580. The van der Waals surface area contributed by atoms with E-state index in [4.69, 9.17) is 16.3 Å². The summed E-state index contributed by atoms with van der Waals surface area (Å²) in [4.78, 5) is 8.68. The maximum absolute atomic E-state index is 6.04. The van der Waals surface area contributed by atoms with Crippen molar-refractivity contribution in [2.75, 3.05) is 13.7 Å². The van der Waals surface area contributed by atoms with Crippen LogP contribution in [-0.2, 0) is 17.0 Å². The number of imidazole rings is 1. The number of fused-ring (bicyclic) bond motifs is 1. The summed E-state index contributed by atoms with van der Waals surface area (Å²) >= 11 is 7.63. The van der Waals surface area contributed by atoms with E-state index in [0.29, 0.717) is 23.9 Å². The summed E-state index contributed by atoms with van der Waals surface area (Å²) in [6, 6.07) is 7.59. The monoisotopic (exact) mass is 400 g/mol. The SMILES string of the molecule is COCCn1c(SCc2cn3cc(Cl)ccc3n2)nnc1-c1ccncc1. The Kier molecular flexibility index (Phi) is 5.38. The largest absolute Gasteiger partial charge is 0.383 e. The standard InChI is InChI=1S/C18H17ClN6OS/c1-26-9-8-25-17(13-4-6-20-7-5-13)22-23-18(25)27-12-15-11-24-10-14(19)2-3-16(24)21-15/h2-7,10-11H,8-9,12H2,1H3. The predicted molar refractivity (Wildman–Crippen MR) is 105 cm³/mol. The van der Waals surface area contributed by atoms with E-state index in [-0.39, 0.29) is 0 Å². The fraction of sp³-hybridized carbons (Fsp3) is 0.222. The first-order valence-electron chi connectivity index (χ1n) is 8.33. The highest BCUT2D eigenvalue weighted by molar-refractivity contribution is 7.98. The molecule has 0 aliphatic rings. The Morgan fingerprint density at radius 1 is 1.11 bits per heavy atom. The molecule has 0 N–H and O–H groups in total. The number of ether oxygens (including phenoxy) is 1. The lowest BCUT2D eigenvalue weighted by atomic mass is 10.2. The highest BCUT2D eigenvalue weighted by Crippen LogP contribution is 2.26. The summed E-state index contributed by atoms with van der Waals surface area (Å²) in [5.41, 5.74) is 2.80. The Labute approximate surface area is 165 Å². The second-order valence-electron chi connectivity index (χ2n) is 5.82. The highest BCUT2D eigenvalue weighted by atomic mass is 35.5. The highest BCUT2D eigenvalue weighted by Gasteiger charge is 2.15. The van der Waals surface area contributed by atoms with Crippen molar-refractivity contribution in [2.24, 2.45) is 0 Å². The number of hydrogen-bond acceptors (Lipinski definition) is 6. The number of thioether (sulfide) groups is 1. The fourth-order valence-electron chi connectivity index (χ4n) is 2.72. The molecule has 4 aromatic heterocycles. The Morgan fingerprint density at radius 2 is 1.96 bits per heavy atom. The van der Waals surface area contributed by atoms with E-state index in [1.54, 1.807) is 31.3 Å². The Bertz CT molecular complexity index is 1050. The normalized spacial score (nSPS) is 11.3. The molecule has 0 aromatic carbocycles. The van der Waals surface area contributed by atoms with Crippen LogP contribution in [0.15, 0.2) is 54.2 Å². The van der Waals surface area contributed by atoms with E-state index in [0.717, 1.165) is 27.9 Å². The van der Waals surface area contributed by atoms with Crippen molar-refractivity contribution in [3.05, 3.63) is 59.8 Å². The van der Waals surface area contributed by atoms with Crippen LogP contribution in [0.4, 0.5) is 0 Å². The summed E-state index contributed by atoms with van der Waals surface area (Å²) in [7, 11) is 1.69. The molecule has 4 aromatic rings. The van der Waals surface area contributed by atoms with Crippen LogP contribution in [0.5, 0.6) is 0 Å². The van der Waals surface area contributed by atoms with Gasteiger partial charge < -0.3 is 9.14 Å². The van der Waals surface area contributed by atoms with Crippen LogP contribution in [-0.4, -0.2) is 42.8 Å². The van der Waals surface area contributed by atoms with Crippen molar-refractivity contribution in [3.8, 4) is 11.4 Å². The fourth-order valence-corrected chi connectivity index (χ4v) is 3.74. The smallest absolute Gasteiger partial charge is 0.191 e. The average molecular weight is 401 g/mol. The van der Waals surface area contributed by atoms with Gasteiger partial charge in [0.15, 0.2) is 11.0 Å². The van der Waals surface area contributed by atoms with Crippen molar-refractivity contribution < 1.29 is 4.74 Å². The summed E-state index contributed by atoms with van der Waals surface area (Å²) in [6.07, 6.45) is 7.33. The Balaban J connectivity index is 1.58. The van der Waals surface area contributed by atoms with Crippen molar-refractivity contribution in [1.82, 2.24) is 29.1 Å². The summed E-state index contributed by atoms with van der Waals surface area (Å²) in [5, 5.41) is 10.3. The van der Waals surface area contributed by atoms with Gasteiger partial charge in [-0.3, -0.25) is 9.55 Å². The lowest BCUT2D eigenvalue weighted by molar-refractivity contribution is 0.185. The maximum atomic E-state index is 6.04. The van der Waals surface area contributed by atoms with Crippen LogP contribution >= 0.6 is 23.4 Å². The van der Waals surface area contributed by atoms with Gasteiger partial charge in [0.25, 0.3) is 0 Å². The zero-order valence-corrected chi connectivity index (χ0v) is 16.2. The number of rotatable bonds is 7. The molecule has 0 atom stereocenters. The molecule has 4 heterocycles. The topological polar surface area (TPSA) is 70.1 Å². The quantitative estimate of drug-likeness (QED) is 0.441. The second kappa shape index (κ2) is 8.08. The van der Waals surface area contributed by atoms with E-state index in [1.165, 1.54) is 0 Å². The minimum absolute atomic E-state index is 0.580. The van der Waals surface area contributed by atoms with Crippen LogP contribution in [0.1, 0.15) is 5.69 Å². The van der Waals surface area contributed by atoms with Crippen molar-refractivity contribution in [2.45, 2.75) is 17.5 Å². The maximum Gasteiger partial charge on any atom is 0.191 e. The van der Waals surface area contributed by atoms with Crippen LogP contribution in [0.3, 0.4) is 0 Å². The summed E-state index contributed by atoms with van der Waals surface area (Å²) in [6.45, 7) is 1.25. The van der Waals surface area contributed by atoms with Crippen LogP contribution in [0, 0.1) is 0 Å². The number of hydrogen-bond donors (Lipinski definition) is 0. The zero-order valence-electron chi connectivity index (χ0n) is 14.6. The van der Waals surface area contributed by atoms with Gasteiger partial charge >= 0.3 is 0 Å². The Hall–Kier alpha value is -2.42. The van der Waals surface area contributed by atoms with E-state index in [9.17, 15) is 0 Å². The van der Waals surface area contributed by atoms with Gasteiger partial charge in [0.1, 0.15) is 5.65 Å². The summed E-state index contributed by atoms with van der Waals surface area (Å²) in [5.74, 6) is 1.49. The van der Waals surface area contributed by atoms with Crippen molar-refractivity contribution in [3.63, 3.8) is 0 Å². The number of nitrogens with zero attached hydrogens (tertiary/aromatic N) is 6. The second-order valence-corrected chi connectivity index (χ2v) is 7.20. The predicted octanol–water partition coefficient (Wildman–Crippen LogP) is 3.58. The molecule has 0 amide bonds. The van der Waals surface area contributed by atoms with Gasteiger partial charge in [0, 0.05) is 43.2 Å². The molecule has 9 heteroatoms. The van der Waals surface area contributed by atoms with E-state index in [2.05, 4.69) is 24.7 Å². The first-order valence-corrected chi connectivity index (χ1v) is 9.69. The third-order valence-corrected chi connectivity index (χ3v) is 5.21. The molecule has 138 valence electrons. The van der Waals surface area contributed by atoms with Crippen molar-refractivity contribution in [1.29, 1.82) is 0 Å². The molecule has 0 saturated heterocycles. The van der Waals surface area contributed by atoms with Crippen LogP contribution < -0.4 is 0 Å². The first kappa shape index (κ1) is 18.0. The van der Waals surface area contributed by atoms with E-state index >= 15 is 0 Å². The molecule has 0 radical (unpaired) electrons. The lowest BCUT2D eigenvalue weighted by Crippen LogP contribution is -2.07. The molecule has 0 bridgehead atoms. The zero-order chi connectivity index (χ0) is 18.6. The van der Waals surface area contributed by atoms with Gasteiger partial charge in [-0.15, -0.1) is 10.2 Å². The third-order valence-electron chi connectivity index (χ3n) is 3.99. The number of aromatic nitrogens is 6. The molecule has 0 spiro atoms. The number of pyridine rings is 2. The minimum Gasteiger partial charge on any atom is -0.383 e. The molecular formula is C18H17ClN6OS. The first-order chi connectivity index (χ1) is 13.2. The van der Waals surface area contributed by atoms with Crippen LogP contribution in [0.2, 0.25) is 5.02 Å². The van der Waals surface area contributed by atoms with Gasteiger partial charge in [-0.1, -0.05) is 23.4 Å². The average Bonchev–Trinajstić information content (AvgIpc) is 3.28. The summed E-state index contributed by atoms with van der Waals surface area (Å²) < 4.78 is 9.24. The third kappa shape index (κ3) is 3.97.